The Morgan fingerprint density at radius 2 is 2.19 bits per heavy atom. The summed E-state index contributed by atoms with van der Waals surface area (Å²) in [6, 6.07) is 0.582. The first-order valence-corrected chi connectivity index (χ1v) is 6.30. The van der Waals surface area contributed by atoms with Crippen LogP contribution in [0, 0.1) is 0 Å². The van der Waals surface area contributed by atoms with Gasteiger partial charge in [0, 0.05) is 19.1 Å². The van der Waals surface area contributed by atoms with Crippen LogP contribution in [0.2, 0.25) is 0 Å². The number of amides is 1. The molecule has 2 fully saturated rings. The molecular weight excluding hydrogens is 204 g/mol. The van der Waals surface area contributed by atoms with Gasteiger partial charge in [-0.15, -0.1) is 0 Å². The molecule has 2 aliphatic rings. The molecule has 16 heavy (non-hydrogen) atoms. The smallest absolute Gasteiger partial charge is 0.236 e. The van der Waals surface area contributed by atoms with Crippen LogP contribution in [0.4, 0.5) is 0 Å². The topological polar surface area (TPSA) is 52.6 Å². The van der Waals surface area contributed by atoms with E-state index in [1.54, 1.807) is 0 Å². The third-order valence-corrected chi connectivity index (χ3v) is 3.54. The van der Waals surface area contributed by atoms with E-state index in [9.17, 15) is 9.90 Å². The Bertz CT molecular complexity index is 262. The maximum absolute atomic E-state index is 11.9. The number of nitrogens with one attached hydrogen (secondary N) is 1. The summed E-state index contributed by atoms with van der Waals surface area (Å²) in [6.45, 7) is 3.82. The largest absolute Gasteiger partial charge is 0.390 e. The molecule has 1 saturated heterocycles. The molecule has 1 aliphatic carbocycles. The summed E-state index contributed by atoms with van der Waals surface area (Å²) in [6.07, 6.45) is 4.82. The monoisotopic (exact) mass is 226 g/mol. The predicted molar refractivity (Wildman–Crippen MR) is 62.1 cm³/mol. The first-order chi connectivity index (χ1) is 7.57. The van der Waals surface area contributed by atoms with Crippen molar-refractivity contribution in [2.75, 3.05) is 19.6 Å². The van der Waals surface area contributed by atoms with Gasteiger partial charge < -0.3 is 15.3 Å². The van der Waals surface area contributed by atoms with Gasteiger partial charge in [-0.1, -0.05) is 0 Å². The van der Waals surface area contributed by atoms with Crippen LogP contribution in [0.25, 0.3) is 0 Å². The highest BCUT2D eigenvalue weighted by Crippen LogP contribution is 2.21. The number of carbonyl (C=O) groups excluding carboxylic acids is 1. The molecule has 0 bridgehead atoms. The Morgan fingerprint density at radius 1 is 1.44 bits per heavy atom. The van der Waals surface area contributed by atoms with Crippen LogP contribution in [0.3, 0.4) is 0 Å². The van der Waals surface area contributed by atoms with Gasteiger partial charge in [-0.2, -0.15) is 0 Å². The molecule has 4 nitrogen and oxygen atoms in total. The molecule has 1 heterocycles. The van der Waals surface area contributed by atoms with Gasteiger partial charge in [0.15, 0.2) is 0 Å². The van der Waals surface area contributed by atoms with E-state index in [4.69, 9.17) is 0 Å². The lowest BCUT2D eigenvalue weighted by Crippen LogP contribution is -2.40. The van der Waals surface area contributed by atoms with Gasteiger partial charge in [-0.3, -0.25) is 4.79 Å². The fourth-order valence-electron chi connectivity index (χ4n) is 2.14. The zero-order valence-electron chi connectivity index (χ0n) is 10.0. The van der Waals surface area contributed by atoms with Crippen molar-refractivity contribution in [3.63, 3.8) is 0 Å². The van der Waals surface area contributed by atoms with Gasteiger partial charge in [0.25, 0.3) is 0 Å². The van der Waals surface area contributed by atoms with Crippen molar-refractivity contribution in [3.8, 4) is 0 Å². The SMILES string of the molecule is CC1(O)CCCN(C(=O)CNC2CC2)CC1. The third-order valence-electron chi connectivity index (χ3n) is 3.54. The van der Waals surface area contributed by atoms with Crippen molar-refractivity contribution in [1.82, 2.24) is 10.2 Å². The average Bonchev–Trinajstić information content (AvgIpc) is 3.02. The van der Waals surface area contributed by atoms with Crippen molar-refractivity contribution in [3.05, 3.63) is 0 Å². The lowest BCUT2D eigenvalue weighted by molar-refractivity contribution is -0.130. The van der Waals surface area contributed by atoms with E-state index in [0.717, 1.165) is 19.4 Å². The Morgan fingerprint density at radius 3 is 2.88 bits per heavy atom. The minimum absolute atomic E-state index is 0.185. The molecule has 1 saturated carbocycles. The Balaban J connectivity index is 1.76. The van der Waals surface area contributed by atoms with Crippen molar-refractivity contribution in [2.24, 2.45) is 0 Å². The van der Waals surface area contributed by atoms with Crippen LogP contribution in [0.1, 0.15) is 39.0 Å². The molecule has 2 N–H and O–H groups in total. The number of hydrogen-bond acceptors (Lipinski definition) is 3. The Hall–Kier alpha value is -0.610. The lowest BCUT2D eigenvalue weighted by atomic mass is 9.98. The predicted octanol–water partition coefficient (Wildman–Crippen LogP) is 0.502. The summed E-state index contributed by atoms with van der Waals surface area (Å²) >= 11 is 0. The van der Waals surface area contributed by atoms with E-state index in [0.29, 0.717) is 25.6 Å². The minimum Gasteiger partial charge on any atom is -0.390 e. The molecular formula is C12H22N2O2. The van der Waals surface area contributed by atoms with Gasteiger partial charge >= 0.3 is 0 Å². The zero-order valence-corrected chi connectivity index (χ0v) is 10.0. The molecule has 0 aromatic carbocycles. The van der Waals surface area contributed by atoms with E-state index >= 15 is 0 Å². The lowest BCUT2D eigenvalue weighted by Gasteiger charge is -2.22. The van der Waals surface area contributed by atoms with Gasteiger partial charge in [-0.05, 0) is 39.0 Å². The molecule has 4 heteroatoms. The van der Waals surface area contributed by atoms with E-state index in [2.05, 4.69) is 5.32 Å². The van der Waals surface area contributed by atoms with Gasteiger partial charge in [0.1, 0.15) is 0 Å². The van der Waals surface area contributed by atoms with E-state index in [1.165, 1.54) is 12.8 Å². The second-order valence-corrected chi connectivity index (χ2v) is 5.39. The van der Waals surface area contributed by atoms with Crippen molar-refractivity contribution < 1.29 is 9.90 Å². The number of rotatable bonds is 3. The maximum Gasteiger partial charge on any atom is 0.236 e. The van der Waals surface area contributed by atoms with Crippen LogP contribution in [-0.2, 0) is 4.79 Å². The van der Waals surface area contributed by atoms with Gasteiger partial charge in [0.05, 0.1) is 12.1 Å². The van der Waals surface area contributed by atoms with E-state index in [-0.39, 0.29) is 5.91 Å². The minimum atomic E-state index is -0.584. The maximum atomic E-state index is 11.9. The Labute approximate surface area is 97.0 Å². The normalized spacial score (nSPS) is 31.2. The average molecular weight is 226 g/mol. The highest BCUT2D eigenvalue weighted by Gasteiger charge is 2.28. The molecule has 1 atom stereocenters. The fourth-order valence-corrected chi connectivity index (χ4v) is 2.14. The molecule has 92 valence electrons. The first-order valence-electron chi connectivity index (χ1n) is 6.30. The molecule has 0 radical (unpaired) electrons. The quantitative estimate of drug-likeness (QED) is 0.737. The molecule has 2 rings (SSSR count). The second kappa shape index (κ2) is 4.72. The second-order valence-electron chi connectivity index (χ2n) is 5.39. The number of hydrogen-bond donors (Lipinski definition) is 2. The number of nitrogens with zero attached hydrogens (tertiary/aromatic N) is 1. The highest BCUT2D eigenvalue weighted by molar-refractivity contribution is 5.78. The first kappa shape index (κ1) is 11.9. The van der Waals surface area contributed by atoms with Crippen molar-refractivity contribution in [1.29, 1.82) is 0 Å². The molecule has 1 aliphatic heterocycles. The zero-order chi connectivity index (χ0) is 11.6. The number of carbonyl (C=O) groups is 1. The fraction of sp³-hybridized carbons (Fsp3) is 0.917. The summed E-state index contributed by atoms with van der Waals surface area (Å²) in [7, 11) is 0. The van der Waals surface area contributed by atoms with E-state index in [1.807, 2.05) is 11.8 Å². The molecule has 1 amide bonds. The Kier molecular flexibility index (Phi) is 3.50. The summed E-state index contributed by atoms with van der Waals surface area (Å²) in [5.41, 5.74) is -0.584. The van der Waals surface area contributed by atoms with Crippen molar-refractivity contribution in [2.45, 2.75) is 50.7 Å². The standard InChI is InChI=1S/C12H22N2O2/c1-12(16)5-2-7-14(8-6-12)11(15)9-13-10-3-4-10/h10,13,16H,2-9H2,1H3. The van der Waals surface area contributed by atoms with Crippen LogP contribution < -0.4 is 5.32 Å². The molecule has 0 spiro atoms. The molecule has 1 unspecified atom stereocenters. The van der Waals surface area contributed by atoms with Crippen molar-refractivity contribution >= 4 is 5.91 Å². The molecule has 0 aromatic rings. The third kappa shape index (κ3) is 3.46. The summed E-state index contributed by atoms with van der Waals surface area (Å²) in [5, 5.41) is 13.2. The number of likely N-dealkylation sites (tertiary alicyclic amines) is 1. The van der Waals surface area contributed by atoms with Crippen LogP contribution >= 0.6 is 0 Å². The summed E-state index contributed by atoms with van der Waals surface area (Å²) < 4.78 is 0. The molecule has 0 aromatic heterocycles. The van der Waals surface area contributed by atoms with Gasteiger partial charge in [0.2, 0.25) is 5.91 Å². The van der Waals surface area contributed by atoms with E-state index < -0.39 is 5.60 Å². The van der Waals surface area contributed by atoms with Gasteiger partial charge in [-0.25, -0.2) is 0 Å². The highest BCUT2D eigenvalue weighted by atomic mass is 16.3. The van der Waals surface area contributed by atoms with Crippen LogP contribution in [-0.4, -0.2) is 47.2 Å². The van der Waals surface area contributed by atoms with Crippen LogP contribution in [0.15, 0.2) is 0 Å². The number of aliphatic hydroxyl groups is 1. The summed E-state index contributed by atoms with van der Waals surface area (Å²) in [4.78, 5) is 13.8. The van der Waals surface area contributed by atoms with Crippen LogP contribution in [0.5, 0.6) is 0 Å². The summed E-state index contributed by atoms with van der Waals surface area (Å²) in [5.74, 6) is 0.185.